The van der Waals surface area contributed by atoms with Crippen molar-refractivity contribution in [3.63, 3.8) is 0 Å². The SMILES string of the molecule is CCN1CCN(CC(=O)NCCCN(C)C2CCCCC2)C(=O)C1=O. The predicted molar refractivity (Wildman–Crippen MR) is 96.0 cm³/mol. The summed E-state index contributed by atoms with van der Waals surface area (Å²) in [4.78, 5) is 41.1. The second-order valence-electron chi connectivity index (χ2n) is 7.09. The van der Waals surface area contributed by atoms with Crippen molar-refractivity contribution < 1.29 is 14.4 Å². The van der Waals surface area contributed by atoms with Crippen LogP contribution in [0.5, 0.6) is 0 Å². The molecule has 1 saturated heterocycles. The average Bonchev–Trinajstić information content (AvgIpc) is 2.63. The van der Waals surface area contributed by atoms with Crippen LogP contribution in [0.25, 0.3) is 0 Å². The third-order valence-corrected chi connectivity index (χ3v) is 5.32. The van der Waals surface area contributed by atoms with Gasteiger partial charge < -0.3 is 20.0 Å². The number of rotatable bonds is 8. The molecule has 1 aliphatic heterocycles. The third-order valence-electron chi connectivity index (χ3n) is 5.32. The normalized spacial score (nSPS) is 19.6. The van der Waals surface area contributed by atoms with Gasteiger partial charge in [0, 0.05) is 32.2 Å². The van der Waals surface area contributed by atoms with Gasteiger partial charge in [-0.3, -0.25) is 14.4 Å². The lowest BCUT2D eigenvalue weighted by Crippen LogP contribution is -2.56. The Morgan fingerprint density at radius 1 is 1.12 bits per heavy atom. The van der Waals surface area contributed by atoms with Crippen LogP contribution in [0.1, 0.15) is 45.4 Å². The maximum absolute atomic E-state index is 12.0. The molecule has 0 bridgehead atoms. The Morgan fingerprint density at radius 3 is 2.44 bits per heavy atom. The molecule has 142 valence electrons. The molecule has 1 N–H and O–H groups in total. The summed E-state index contributed by atoms with van der Waals surface area (Å²) in [7, 11) is 2.16. The first-order valence-electron chi connectivity index (χ1n) is 9.58. The molecule has 2 fully saturated rings. The van der Waals surface area contributed by atoms with Gasteiger partial charge in [0.15, 0.2) is 0 Å². The Hall–Kier alpha value is -1.63. The maximum Gasteiger partial charge on any atom is 0.312 e. The quantitative estimate of drug-likeness (QED) is 0.508. The smallest absolute Gasteiger partial charge is 0.312 e. The Labute approximate surface area is 150 Å². The van der Waals surface area contributed by atoms with Crippen LogP contribution in [-0.4, -0.2) is 84.8 Å². The van der Waals surface area contributed by atoms with Gasteiger partial charge in [0.25, 0.3) is 0 Å². The molecule has 0 unspecified atom stereocenters. The Kier molecular flexibility index (Phi) is 7.68. The summed E-state index contributed by atoms with van der Waals surface area (Å²) >= 11 is 0. The Balaban J connectivity index is 1.62. The van der Waals surface area contributed by atoms with E-state index in [9.17, 15) is 14.4 Å². The summed E-state index contributed by atoms with van der Waals surface area (Å²) in [6, 6.07) is 0.683. The van der Waals surface area contributed by atoms with Crippen molar-refractivity contribution in [1.82, 2.24) is 20.0 Å². The van der Waals surface area contributed by atoms with E-state index >= 15 is 0 Å². The zero-order valence-electron chi connectivity index (χ0n) is 15.6. The molecular weight excluding hydrogens is 320 g/mol. The molecule has 3 amide bonds. The molecule has 1 aliphatic carbocycles. The van der Waals surface area contributed by atoms with E-state index in [1.807, 2.05) is 6.92 Å². The molecule has 2 rings (SSSR count). The highest BCUT2D eigenvalue weighted by Crippen LogP contribution is 2.21. The zero-order chi connectivity index (χ0) is 18.2. The van der Waals surface area contributed by atoms with Crippen molar-refractivity contribution in [3.8, 4) is 0 Å². The highest BCUT2D eigenvalue weighted by atomic mass is 16.2. The van der Waals surface area contributed by atoms with Crippen molar-refractivity contribution in [2.75, 3.05) is 46.3 Å². The lowest BCUT2D eigenvalue weighted by Gasteiger charge is -2.32. The molecule has 0 radical (unpaired) electrons. The van der Waals surface area contributed by atoms with E-state index in [0.717, 1.165) is 13.0 Å². The van der Waals surface area contributed by atoms with Gasteiger partial charge in [0.1, 0.15) is 6.54 Å². The van der Waals surface area contributed by atoms with Gasteiger partial charge in [0.05, 0.1) is 0 Å². The molecular formula is C18H32N4O3. The van der Waals surface area contributed by atoms with E-state index in [1.54, 1.807) is 0 Å². The van der Waals surface area contributed by atoms with Crippen LogP contribution >= 0.6 is 0 Å². The van der Waals surface area contributed by atoms with Crippen molar-refractivity contribution in [3.05, 3.63) is 0 Å². The fraction of sp³-hybridized carbons (Fsp3) is 0.833. The fourth-order valence-electron chi connectivity index (χ4n) is 3.66. The molecule has 25 heavy (non-hydrogen) atoms. The second-order valence-corrected chi connectivity index (χ2v) is 7.09. The van der Waals surface area contributed by atoms with E-state index in [1.165, 1.54) is 41.9 Å². The summed E-state index contributed by atoms with van der Waals surface area (Å²) < 4.78 is 0. The summed E-state index contributed by atoms with van der Waals surface area (Å²) in [5.41, 5.74) is 0. The largest absolute Gasteiger partial charge is 0.355 e. The molecule has 0 aromatic rings. The number of carbonyl (C=O) groups is 3. The molecule has 1 heterocycles. The fourth-order valence-corrected chi connectivity index (χ4v) is 3.66. The number of nitrogens with one attached hydrogen (secondary N) is 1. The topological polar surface area (TPSA) is 73.0 Å². The lowest BCUT2D eigenvalue weighted by atomic mass is 9.94. The first kappa shape index (κ1) is 19.7. The van der Waals surface area contributed by atoms with Crippen LogP contribution in [0, 0.1) is 0 Å². The highest BCUT2D eigenvalue weighted by molar-refractivity contribution is 6.35. The minimum absolute atomic E-state index is 0.0272. The summed E-state index contributed by atoms with van der Waals surface area (Å²) in [5.74, 6) is -1.26. The average molecular weight is 352 g/mol. The molecule has 7 heteroatoms. The number of hydrogen-bond acceptors (Lipinski definition) is 4. The second kappa shape index (κ2) is 9.75. The predicted octanol–water partition coefficient (Wildman–Crippen LogP) is 0.448. The van der Waals surface area contributed by atoms with E-state index in [2.05, 4.69) is 17.3 Å². The van der Waals surface area contributed by atoms with Gasteiger partial charge in [-0.2, -0.15) is 0 Å². The summed E-state index contributed by atoms with van der Waals surface area (Å²) in [6.45, 7) is 4.85. The van der Waals surface area contributed by atoms with Crippen molar-refractivity contribution in [2.24, 2.45) is 0 Å². The van der Waals surface area contributed by atoms with Crippen LogP contribution in [-0.2, 0) is 14.4 Å². The standard InChI is InChI=1S/C18H32N4O3/c1-3-21-12-13-22(18(25)17(21)24)14-16(23)19-10-7-11-20(2)15-8-5-4-6-9-15/h15H,3-14H2,1-2H3,(H,19,23). The molecule has 0 atom stereocenters. The molecule has 0 spiro atoms. The van der Waals surface area contributed by atoms with Crippen LogP contribution in [0.15, 0.2) is 0 Å². The number of nitrogens with zero attached hydrogens (tertiary/aromatic N) is 3. The van der Waals surface area contributed by atoms with Crippen molar-refractivity contribution in [2.45, 2.75) is 51.5 Å². The van der Waals surface area contributed by atoms with Gasteiger partial charge >= 0.3 is 11.8 Å². The van der Waals surface area contributed by atoms with Gasteiger partial charge in [-0.25, -0.2) is 0 Å². The summed E-state index contributed by atoms with van der Waals surface area (Å²) in [6.07, 6.45) is 7.46. The van der Waals surface area contributed by atoms with Crippen molar-refractivity contribution in [1.29, 1.82) is 0 Å². The molecule has 0 aromatic heterocycles. The monoisotopic (exact) mass is 352 g/mol. The number of amides is 3. The number of likely N-dealkylation sites (N-methyl/N-ethyl adjacent to an activating group) is 1. The zero-order valence-corrected chi connectivity index (χ0v) is 15.6. The van der Waals surface area contributed by atoms with E-state index in [4.69, 9.17) is 0 Å². The highest BCUT2D eigenvalue weighted by Gasteiger charge is 2.32. The molecule has 1 saturated carbocycles. The minimum atomic E-state index is -0.569. The van der Waals surface area contributed by atoms with Crippen molar-refractivity contribution >= 4 is 17.7 Å². The van der Waals surface area contributed by atoms with E-state index in [0.29, 0.717) is 32.2 Å². The summed E-state index contributed by atoms with van der Waals surface area (Å²) in [5, 5.41) is 2.86. The molecule has 0 aromatic carbocycles. The molecule has 2 aliphatic rings. The van der Waals surface area contributed by atoms with Crippen LogP contribution in [0.4, 0.5) is 0 Å². The number of piperazine rings is 1. The van der Waals surface area contributed by atoms with Crippen LogP contribution in [0.2, 0.25) is 0 Å². The van der Waals surface area contributed by atoms with Gasteiger partial charge in [-0.1, -0.05) is 19.3 Å². The van der Waals surface area contributed by atoms with Gasteiger partial charge in [0.2, 0.25) is 5.91 Å². The lowest BCUT2D eigenvalue weighted by molar-refractivity contribution is -0.156. The van der Waals surface area contributed by atoms with E-state index < -0.39 is 11.8 Å². The van der Waals surface area contributed by atoms with Crippen LogP contribution in [0.3, 0.4) is 0 Å². The van der Waals surface area contributed by atoms with Crippen LogP contribution < -0.4 is 5.32 Å². The number of carbonyl (C=O) groups excluding carboxylic acids is 3. The Bertz CT molecular complexity index is 477. The Morgan fingerprint density at radius 2 is 1.76 bits per heavy atom. The first-order chi connectivity index (χ1) is 12.0. The van der Waals surface area contributed by atoms with E-state index in [-0.39, 0.29) is 12.5 Å². The van der Waals surface area contributed by atoms with Gasteiger partial charge in [-0.05, 0) is 39.8 Å². The van der Waals surface area contributed by atoms with Gasteiger partial charge in [-0.15, -0.1) is 0 Å². The number of hydrogen-bond donors (Lipinski definition) is 1. The maximum atomic E-state index is 12.0. The third kappa shape index (κ3) is 5.70. The molecule has 7 nitrogen and oxygen atoms in total. The first-order valence-corrected chi connectivity index (χ1v) is 9.58. The minimum Gasteiger partial charge on any atom is -0.355 e.